The van der Waals surface area contributed by atoms with Crippen LogP contribution in [-0.4, -0.2) is 65.2 Å². The van der Waals surface area contributed by atoms with Gasteiger partial charge in [0.1, 0.15) is 23.0 Å². The second-order valence-electron chi connectivity index (χ2n) is 10.8. The van der Waals surface area contributed by atoms with Crippen LogP contribution in [0.1, 0.15) is 18.5 Å². The first kappa shape index (κ1) is 33.4. The van der Waals surface area contributed by atoms with Gasteiger partial charge in [-0.05, 0) is 56.9 Å². The SMILES string of the molecule is COc1cc(OC)c(Cl)c(-c2cc3cnc(Nc4ccccn4)nc3n(C(C)c3cccc(NC(=O)/C=C/CN(C)C)c3)c2=O)c1Cl. The van der Waals surface area contributed by atoms with Crippen molar-refractivity contribution in [3.05, 3.63) is 105 Å². The van der Waals surface area contributed by atoms with E-state index in [9.17, 15) is 9.59 Å². The fraction of sp³-hybridized carbons (Fsp3) is 0.206. The first-order valence-corrected chi connectivity index (χ1v) is 15.3. The second kappa shape index (κ2) is 14.6. The van der Waals surface area contributed by atoms with Crippen LogP contribution in [0.4, 0.5) is 17.5 Å². The molecule has 0 saturated heterocycles. The zero-order valence-electron chi connectivity index (χ0n) is 26.4. The largest absolute Gasteiger partial charge is 0.495 e. The van der Waals surface area contributed by atoms with Crippen LogP contribution in [0.25, 0.3) is 22.2 Å². The van der Waals surface area contributed by atoms with Gasteiger partial charge in [0.15, 0.2) is 0 Å². The van der Waals surface area contributed by atoms with Gasteiger partial charge < -0.3 is 25.0 Å². The van der Waals surface area contributed by atoms with Gasteiger partial charge in [0, 0.05) is 47.7 Å². The minimum Gasteiger partial charge on any atom is -0.495 e. The summed E-state index contributed by atoms with van der Waals surface area (Å²) in [5, 5.41) is 6.82. The van der Waals surface area contributed by atoms with E-state index in [1.54, 1.807) is 53.4 Å². The molecule has 1 unspecified atom stereocenters. The molecule has 0 aliphatic heterocycles. The van der Waals surface area contributed by atoms with Crippen molar-refractivity contribution in [3.63, 3.8) is 0 Å². The fourth-order valence-corrected chi connectivity index (χ4v) is 5.68. The number of methoxy groups -OCH3 is 2. The Balaban J connectivity index is 1.68. The Kier molecular flexibility index (Phi) is 10.4. The average molecular weight is 675 g/mol. The van der Waals surface area contributed by atoms with Gasteiger partial charge in [-0.3, -0.25) is 14.2 Å². The van der Waals surface area contributed by atoms with Crippen LogP contribution in [0.15, 0.2) is 83.9 Å². The Morgan fingerprint density at radius 3 is 2.43 bits per heavy atom. The van der Waals surface area contributed by atoms with Gasteiger partial charge in [-0.2, -0.15) is 4.98 Å². The smallest absolute Gasteiger partial charge is 0.260 e. The van der Waals surface area contributed by atoms with Crippen LogP contribution < -0.4 is 25.7 Å². The summed E-state index contributed by atoms with van der Waals surface area (Å²) in [6.45, 7) is 2.49. The zero-order valence-corrected chi connectivity index (χ0v) is 27.9. The second-order valence-corrected chi connectivity index (χ2v) is 11.5. The molecule has 242 valence electrons. The number of pyridine rings is 2. The molecule has 1 atom stereocenters. The molecule has 0 aliphatic carbocycles. The van der Waals surface area contributed by atoms with Gasteiger partial charge in [-0.15, -0.1) is 0 Å². The summed E-state index contributed by atoms with van der Waals surface area (Å²) >= 11 is 13.6. The molecule has 3 aromatic heterocycles. The lowest BCUT2D eigenvalue weighted by molar-refractivity contribution is -0.111. The van der Waals surface area contributed by atoms with Gasteiger partial charge in [-0.1, -0.05) is 47.5 Å². The molecule has 2 N–H and O–H groups in total. The van der Waals surface area contributed by atoms with E-state index in [4.69, 9.17) is 37.7 Å². The lowest BCUT2D eigenvalue weighted by atomic mass is 10.0. The third kappa shape index (κ3) is 7.38. The maximum Gasteiger partial charge on any atom is 0.260 e. The van der Waals surface area contributed by atoms with Gasteiger partial charge in [0.05, 0.1) is 35.9 Å². The normalized spacial score (nSPS) is 12.0. The summed E-state index contributed by atoms with van der Waals surface area (Å²) in [4.78, 5) is 42.6. The van der Waals surface area contributed by atoms with Crippen LogP contribution in [0.5, 0.6) is 11.5 Å². The quantitative estimate of drug-likeness (QED) is 0.150. The molecule has 5 rings (SSSR count). The molecule has 0 fully saturated rings. The molecule has 11 nitrogen and oxygen atoms in total. The summed E-state index contributed by atoms with van der Waals surface area (Å²) in [6, 6.07) is 15.3. The summed E-state index contributed by atoms with van der Waals surface area (Å²) in [6.07, 6.45) is 6.52. The van der Waals surface area contributed by atoms with Crippen molar-refractivity contribution in [2.45, 2.75) is 13.0 Å². The van der Waals surface area contributed by atoms with Crippen LogP contribution in [0.3, 0.4) is 0 Å². The first-order valence-electron chi connectivity index (χ1n) is 14.5. The topological polar surface area (TPSA) is 124 Å². The van der Waals surface area contributed by atoms with E-state index in [1.807, 2.05) is 50.2 Å². The molecule has 0 radical (unpaired) electrons. The number of carbonyl (C=O) groups excluding carboxylic acids is 1. The maximum absolute atomic E-state index is 14.6. The molecule has 3 heterocycles. The number of benzene rings is 2. The number of likely N-dealkylation sites (N-methyl/N-ethyl adjacent to an activating group) is 1. The van der Waals surface area contributed by atoms with Crippen molar-refractivity contribution in [2.24, 2.45) is 0 Å². The van der Waals surface area contributed by atoms with Gasteiger partial charge in [0.2, 0.25) is 11.9 Å². The van der Waals surface area contributed by atoms with E-state index in [0.717, 1.165) is 5.56 Å². The summed E-state index contributed by atoms with van der Waals surface area (Å²) < 4.78 is 12.5. The molecular weight excluding hydrogens is 641 g/mol. The molecule has 2 aromatic carbocycles. The number of rotatable bonds is 11. The third-order valence-corrected chi connectivity index (χ3v) is 8.04. The van der Waals surface area contributed by atoms with Crippen molar-refractivity contribution in [1.29, 1.82) is 0 Å². The van der Waals surface area contributed by atoms with Crippen LogP contribution >= 0.6 is 23.2 Å². The van der Waals surface area contributed by atoms with Gasteiger partial charge >= 0.3 is 0 Å². The molecule has 0 aliphatic rings. The van der Waals surface area contributed by atoms with Crippen molar-refractivity contribution in [2.75, 3.05) is 45.5 Å². The molecule has 1 amide bonds. The molecular formula is C34H33Cl2N7O4. The monoisotopic (exact) mass is 673 g/mol. The van der Waals surface area contributed by atoms with Gasteiger partial charge in [0.25, 0.3) is 5.56 Å². The molecule has 5 aromatic rings. The number of hydrogen-bond donors (Lipinski definition) is 2. The van der Waals surface area contributed by atoms with E-state index in [2.05, 4.69) is 20.6 Å². The predicted molar refractivity (Wildman–Crippen MR) is 186 cm³/mol. The Morgan fingerprint density at radius 1 is 1.02 bits per heavy atom. The van der Waals surface area contributed by atoms with E-state index in [-0.39, 0.29) is 44.5 Å². The Bertz CT molecular complexity index is 1990. The number of hydrogen-bond acceptors (Lipinski definition) is 9. The van der Waals surface area contributed by atoms with Crippen LogP contribution in [0, 0.1) is 0 Å². The third-order valence-electron chi connectivity index (χ3n) is 7.28. The van der Waals surface area contributed by atoms with Crippen molar-refractivity contribution in [1.82, 2.24) is 24.4 Å². The Hall–Kier alpha value is -4.97. The highest BCUT2D eigenvalue weighted by Crippen LogP contribution is 2.45. The number of ether oxygens (including phenoxy) is 2. The molecule has 0 saturated carbocycles. The predicted octanol–water partition coefficient (Wildman–Crippen LogP) is 6.59. The minimum atomic E-state index is -0.575. The molecule has 0 spiro atoms. The van der Waals surface area contributed by atoms with Gasteiger partial charge in [-0.25, -0.2) is 9.97 Å². The first-order chi connectivity index (χ1) is 22.6. The Labute approximate surface area is 281 Å². The van der Waals surface area contributed by atoms with E-state index >= 15 is 0 Å². The number of fused-ring (bicyclic) bond motifs is 1. The lowest BCUT2D eigenvalue weighted by Gasteiger charge is -2.21. The molecule has 0 bridgehead atoms. The minimum absolute atomic E-state index is 0.148. The van der Waals surface area contributed by atoms with Crippen molar-refractivity contribution >= 4 is 57.6 Å². The molecule has 47 heavy (non-hydrogen) atoms. The number of halogens is 2. The summed E-state index contributed by atoms with van der Waals surface area (Å²) in [5.74, 6) is 1.09. The zero-order chi connectivity index (χ0) is 33.7. The highest BCUT2D eigenvalue weighted by atomic mass is 35.5. The number of nitrogens with zero attached hydrogens (tertiary/aromatic N) is 5. The number of anilines is 3. The van der Waals surface area contributed by atoms with Crippen molar-refractivity contribution < 1.29 is 14.3 Å². The Morgan fingerprint density at radius 2 is 1.77 bits per heavy atom. The number of nitrogens with one attached hydrogen (secondary N) is 2. The lowest BCUT2D eigenvalue weighted by Crippen LogP contribution is -2.27. The van der Waals surface area contributed by atoms with Crippen molar-refractivity contribution in [3.8, 4) is 22.6 Å². The van der Waals surface area contributed by atoms with E-state index in [1.165, 1.54) is 20.3 Å². The van der Waals surface area contributed by atoms with E-state index in [0.29, 0.717) is 29.1 Å². The highest BCUT2D eigenvalue weighted by molar-refractivity contribution is 6.41. The number of aromatic nitrogens is 4. The molecule has 13 heteroatoms. The van der Waals surface area contributed by atoms with Crippen LogP contribution in [-0.2, 0) is 4.79 Å². The fourth-order valence-electron chi connectivity index (χ4n) is 4.97. The standard InChI is InChI=1S/C34H33Cl2N7O4/c1-20(21-10-8-11-23(16-21)39-28(44)13-9-15-42(2)3)43-32-22(19-38-34(41-32)40-27-12-6-7-14-37-27)17-24(33(43)45)29-30(35)25(46-4)18-26(47-5)31(29)36/h6-14,16-20H,15H2,1-5H3,(H,39,44)(H,37,38,40,41)/b13-9+. The average Bonchev–Trinajstić information content (AvgIpc) is 3.05. The van der Waals surface area contributed by atoms with E-state index < -0.39 is 11.6 Å². The summed E-state index contributed by atoms with van der Waals surface area (Å²) in [7, 11) is 6.77. The number of carbonyl (C=O) groups is 1. The maximum atomic E-state index is 14.6. The highest BCUT2D eigenvalue weighted by Gasteiger charge is 2.25. The van der Waals surface area contributed by atoms with Crippen LogP contribution in [0.2, 0.25) is 10.0 Å². The number of amides is 1. The summed E-state index contributed by atoms with van der Waals surface area (Å²) in [5.41, 5.74) is 1.67.